The summed E-state index contributed by atoms with van der Waals surface area (Å²) >= 11 is 0. The minimum absolute atomic E-state index is 0.0425. The molecule has 0 saturated heterocycles. The smallest absolute Gasteiger partial charge is 0.275 e. The lowest BCUT2D eigenvalue weighted by Crippen LogP contribution is -2.26. The van der Waals surface area contributed by atoms with E-state index >= 15 is 0 Å². The van der Waals surface area contributed by atoms with Gasteiger partial charge in [0.25, 0.3) is 5.97 Å². The predicted molar refractivity (Wildman–Crippen MR) is 63.3 cm³/mol. The second-order valence-electron chi connectivity index (χ2n) is 5.15. The Kier molecular flexibility index (Phi) is 9.31. The van der Waals surface area contributed by atoms with Crippen molar-refractivity contribution in [2.75, 3.05) is 0 Å². The topological polar surface area (TPSA) is 60.7 Å². The maximum absolute atomic E-state index is 8.36. The van der Waals surface area contributed by atoms with Gasteiger partial charge < -0.3 is 15.3 Å². The average molecular weight is 220 g/mol. The molecule has 0 atom stereocenters. The van der Waals surface area contributed by atoms with Crippen molar-refractivity contribution in [1.29, 1.82) is 0 Å². The molecule has 0 aliphatic carbocycles. The van der Waals surface area contributed by atoms with E-state index in [-0.39, 0.29) is 6.42 Å². The van der Waals surface area contributed by atoms with Gasteiger partial charge >= 0.3 is 0 Å². The first-order valence-corrected chi connectivity index (χ1v) is 5.79. The minimum atomic E-state index is -2.45. The molecule has 0 aromatic heterocycles. The van der Waals surface area contributed by atoms with Gasteiger partial charge in [-0.3, -0.25) is 0 Å². The number of hydrogen-bond acceptors (Lipinski definition) is 3. The van der Waals surface area contributed by atoms with Crippen LogP contribution in [0.3, 0.4) is 0 Å². The molecule has 0 unspecified atom stereocenters. The summed E-state index contributed by atoms with van der Waals surface area (Å²) < 4.78 is 0. The van der Waals surface area contributed by atoms with E-state index in [0.29, 0.717) is 11.8 Å². The van der Waals surface area contributed by atoms with Crippen molar-refractivity contribution in [1.82, 2.24) is 0 Å². The molecule has 0 radical (unpaired) electrons. The molecule has 0 aliphatic rings. The van der Waals surface area contributed by atoms with Gasteiger partial charge in [0, 0.05) is 6.42 Å². The largest absolute Gasteiger partial charge is 0.344 e. The molecule has 0 bridgehead atoms. The van der Waals surface area contributed by atoms with E-state index in [4.69, 9.17) is 15.3 Å². The molecule has 0 saturated carbocycles. The standard InChI is InChI=1S/C6H14O3.C6H14/c1-2-3-4-5-6(7,8)9;1-5-6(2,3)4/h7-9H,2-5H2,1H3;5H2,1-4H3. The molecule has 0 rings (SSSR count). The molecular formula is C12H28O3. The van der Waals surface area contributed by atoms with Gasteiger partial charge in [-0.2, -0.15) is 0 Å². The fourth-order valence-corrected chi connectivity index (χ4v) is 0.612. The second kappa shape index (κ2) is 8.08. The van der Waals surface area contributed by atoms with Crippen LogP contribution in [0.4, 0.5) is 0 Å². The Labute approximate surface area is 94.1 Å². The monoisotopic (exact) mass is 220 g/mol. The first-order valence-electron chi connectivity index (χ1n) is 5.79. The molecular weight excluding hydrogens is 192 g/mol. The second-order valence-corrected chi connectivity index (χ2v) is 5.15. The van der Waals surface area contributed by atoms with Gasteiger partial charge in [-0.25, -0.2) is 0 Å². The van der Waals surface area contributed by atoms with E-state index in [0.717, 1.165) is 12.8 Å². The molecule has 0 fully saturated rings. The summed E-state index contributed by atoms with van der Waals surface area (Å²) in [7, 11) is 0. The maximum Gasteiger partial charge on any atom is 0.275 e. The molecule has 3 nitrogen and oxygen atoms in total. The predicted octanol–water partition coefficient (Wildman–Crippen LogP) is 2.64. The van der Waals surface area contributed by atoms with Crippen LogP contribution in [-0.4, -0.2) is 21.3 Å². The molecule has 0 amide bonds. The lowest BCUT2D eigenvalue weighted by molar-refractivity contribution is -0.314. The molecule has 0 spiro atoms. The van der Waals surface area contributed by atoms with E-state index in [1.54, 1.807) is 0 Å². The van der Waals surface area contributed by atoms with Crippen LogP contribution in [0.25, 0.3) is 0 Å². The Morgan fingerprint density at radius 3 is 1.47 bits per heavy atom. The van der Waals surface area contributed by atoms with Gasteiger partial charge in [-0.1, -0.05) is 53.9 Å². The van der Waals surface area contributed by atoms with Gasteiger partial charge in [0.15, 0.2) is 0 Å². The summed E-state index contributed by atoms with van der Waals surface area (Å²) in [6.07, 6.45) is 3.90. The van der Waals surface area contributed by atoms with E-state index in [9.17, 15) is 0 Å². The van der Waals surface area contributed by atoms with Gasteiger partial charge in [0.1, 0.15) is 0 Å². The number of hydrogen-bond donors (Lipinski definition) is 3. The first kappa shape index (κ1) is 17.3. The summed E-state index contributed by atoms with van der Waals surface area (Å²) in [5.41, 5.74) is 0.542. The fourth-order valence-electron chi connectivity index (χ4n) is 0.612. The van der Waals surface area contributed by atoms with Crippen LogP contribution in [0.2, 0.25) is 0 Å². The third-order valence-corrected chi connectivity index (χ3v) is 2.18. The fraction of sp³-hybridized carbons (Fsp3) is 1.00. The van der Waals surface area contributed by atoms with Crippen molar-refractivity contribution < 1.29 is 15.3 Å². The van der Waals surface area contributed by atoms with Crippen LogP contribution < -0.4 is 0 Å². The van der Waals surface area contributed by atoms with Crippen LogP contribution in [0.1, 0.15) is 66.7 Å². The van der Waals surface area contributed by atoms with E-state index in [1.807, 2.05) is 6.92 Å². The molecule has 0 aromatic carbocycles. The Morgan fingerprint density at radius 2 is 1.27 bits per heavy atom. The van der Waals surface area contributed by atoms with Gasteiger partial charge in [-0.15, -0.1) is 0 Å². The van der Waals surface area contributed by atoms with Crippen molar-refractivity contribution in [2.45, 2.75) is 72.7 Å². The molecule has 3 N–H and O–H groups in total. The highest BCUT2D eigenvalue weighted by Crippen LogP contribution is 2.16. The van der Waals surface area contributed by atoms with Crippen molar-refractivity contribution >= 4 is 0 Å². The summed E-state index contributed by atoms with van der Waals surface area (Å²) in [5.74, 6) is -2.45. The van der Waals surface area contributed by atoms with Crippen LogP contribution in [-0.2, 0) is 0 Å². The van der Waals surface area contributed by atoms with E-state index in [2.05, 4.69) is 27.7 Å². The van der Waals surface area contributed by atoms with E-state index in [1.165, 1.54) is 6.42 Å². The summed E-state index contributed by atoms with van der Waals surface area (Å²) in [5, 5.41) is 25.1. The van der Waals surface area contributed by atoms with Gasteiger partial charge in [0.2, 0.25) is 0 Å². The molecule has 0 heterocycles. The van der Waals surface area contributed by atoms with Crippen molar-refractivity contribution in [3.63, 3.8) is 0 Å². The Bertz CT molecular complexity index is 131. The molecule has 15 heavy (non-hydrogen) atoms. The highest BCUT2D eigenvalue weighted by atomic mass is 16.7. The third-order valence-electron chi connectivity index (χ3n) is 2.18. The maximum atomic E-state index is 8.36. The Morgan fingerprint density at radius 1 is 0.867 bits per heavy atom. The zero-order chi connectivity index (χ0) is 12.5. The highest BCUT2D eigenvalue weighted by Gasteiger charge is 2.15. The van der Waals surface area contributed by atoms with Crippen molar-refractivity contribution in [2.24, 2.45) is 5.41 Å². The van der Waals surface area contributed by atoms with E-state index < -0.39 is 5.97 Å². The van der Waals surface area contributed by atoms with Crippen LogP contribution in [0, 0.1) is 5.41 Å². The molecule has 94 valence electrons. The van der Waals surface area contributed by atoms with Crippen LogP contribution >= 0.6 is 0 Å². The van der Waals surface area contributed by atoms with Gasteiger partial charge in [0.05, 0.1) is 0 Å². The lowest BCUT2D eigenvalue weighted by atomic mass is 9.94. The number of aliphatic hydroxyl groups is 3. The van der Waals surface area contributed by atoms with Crippen LogP contribution in [0.5, 0.6) is 0 Å². The molecule has 3 heteroatoms. The first-order chi connectivity index (χ1) is 6.62. The SMILES string of the molecule is CCC(C)(C)C.CCCCCC(O)(O)O. The van der Waals surface area contributed by atoms with Gasteiger partial charge in [-0.05, 0) is 11.8 Å². The summed E-state index contributed by atoms with van der Waals surface area (Å²) in [6, 6.07) is 0. The number of rotatable bonds is 4. The minimum Gasteiger partial charge on any atom is -0.344 e. The van der Waals surface area contributed by atoms with Crippen LogP contribution in [0.15, 0.2) is 0 Å². The highest BCUT2D eigenvalue weighted by molar-refractivity contribution is 4.55. The third kappa shape index (κ3) is 24.8. The Balaban J connectivity index is 0. The number of unbranched alkanes of at least 4 members (excludes halogenated alkanes) is 2. The molecule has 0 aliphatic heterocycles. The summed E-state index contributed by atoms with van der Waals surface area (Å²) in [4.78, 5) is 0. The Hall–Kier alpha value is -0.120. The molecule has 0 aromatic rings. The van der Waals surface area contributed by atoms with Crippen molar-refractivity contribution in [3.8, 4) is 0 Å². The zero-order valence-corrected chi connectivity index (χ0v) is 10.9. The quantitative estimate of drug-likeness (QED) is 0.504. The van der Waals surface area contributed by atoms with Crippen molar-refractivity contribution in [3.05, 3.63) is 0 Å². The summed E-state index contributed by atoms with van der Waals surface area (Å²) in [6.45, 7) is 10.9. The average Bonchev–Trinajstić information content (AvgIpc) is 2.02. The lowest BCUT2D eigenvalue weighted by Gasteiger charge is -2.12. The normalized spacial score (nSPS) is 12.0. The zero-order valence-electron chi connectivity index (χ0n) is 10.9.